The van der Waals surface area contributed by atoms with E-state index in [0.717, 1.165) is 5.56 Å². The number of amides is 2. The Morgan fingerprint density at radius 3 is 2.48 bits per heavy atom. The zero-order valence-electron chi connectivity index (χ0n) is 15.8. The number of hydrogen-bond acceptors (Lipinski definition) is 6. The Morgan fingerprint density at radius 2 is 1.79 bits per heavy atom. The van der Waals surface area contributed by atoms with E-state index in [-0.39, 0.29) is 23.5 Å². The molecule has 2 amide bonds. The van der Waals surface area contributed by atoms with E-state index >= 15 is 0 Å². The van der Waals surface area contributed by atoms with Crippen LogP contribution in [0.5, 0.6) is 0 Å². The third kappa shape index (κ3) is 3.33. The van der Waals surface area contributed by atoms with Gasteiger partial charge in [-0.15, -0.1) is 5.10 Å². The van der Waals surface area contributed by atoms with Crippen LogP contribution < -0.4 is 11.1 Å². The van der Waals surface area contributed by atoms with Crippen molar-refractivity contribution in [3.63, 3.8) is 0 Å². The lowest BCUT2D eigenvalue weighted by Gasteiger charge is -2.35. The lowest BCUT2D eigenvalue weighted by Crippen LogP contribution is -2.45. The summed E-state index contributed by atoms with van der Waals surface area (Å²) in [7, 11) is 0. The summed E-state index contributed by atoms with van der Waals surface area (Å²) in [6.07, 6.45) is 0. The van der Waals surface area contributed by atoms with Crippen LogP contribution in [0.25, 0.3) is 11.1 Å². The van der Waals surface area contributed by atoms with Crippen molar-refractivity contribution in [3.05, 3.63) is 70.7 Å². The highest BCUT2D eigenvalue weighted by Crippen LogP contribution is 2.46. The summed E-state index contributed by atoms with van der Waals surface area (Å²) in [5.74, 6) is -1.14. The Balaban J connectivity index is 1.88. The number of hydrazone groups is 1. The fraction of sp³-hybridized carbons (Fsp3) is 0.200. The van der Waals surface area contributed by atoms with Crippen molar-refractivity contribution in [1.29, 1.82) is 0 Å². The number of nitrogens with one attached hydrogen (secondary N) is 1. The second-order valence-corrected chi connectivity index (χ2v) is 7.86. The third-order valence-corrected chi connectivity index (χ3v) is 5.80. The summed E-state index contributed by atoms with van der Waals surface area (Å²) < 4.78 is 6.85. The first kappa shape index (κ1) is 19.0. The first-order valence-corrected chi connectivity index (χ1v) is 9.72. The van der Waals surface area contributed by atoms with Crippen LogP contribution in [0.2, 0.25) is 0 Å². The predicted molar refractivity (Wildman–Crippen MR) is 110 cm³/mol. The molecule has 3 aromatic rings. The molecule has 148 valence electrons. The van der Waals surface area contributed by atoms with Crippen LogP contribution in [-0.2, 0) is 21.0 Å². The van der Waals surface area contributed by atoms with Gasteiger partial charge in [-0.25, -0.2) is 9.80 Å². The minimum Gasteiger partial charge on any atom is -0.408 e. The van der Waals surface area contributed by atoms with Crippen LogP contribution in [0.1, 0.15) is 19.4 Å². The zero-order valence-corrected chi connectivity index (χ0v) is 16.6. The van der Waals surface area contributed by atoms with E-state index in [0.29, 0.717) is 11.1 Å². The van der Waals surface area contributed by atoms with Crippen molar-refractivity contribution < 1.29 is 14.0 Å². The second kappa shape index (κ2) is 7.25. The zero-order chi connectivity index (χ0) is 20.6. The summed E-state index contributed by atoms with van der Waals surface area (Å²) in [6, 6.07) is 16.4. The van der Waals surface area contributed by atoms with Crippen LogP contribution in [0, 0.1) is 0 Å². The van der Waals surface area contributed by atoms with Gasteiger partial charge in [-0.1, -0.05) is 42.5 Å². The number of para-hydroxylation sites is 2. The van der Waals surface area contributed by atoms with Crippen molar-refractivity contribution in [3.8, 4) is 0 Å². The molecular weight excluding hydrogens is 392 g/mol. The van der Waals surface area contributed by atoms with Gasteiger partial charge in [-0.05, 0) is 29.5 Å². The average Bonchev–Trinajstić information content (AvgIpc) is 3.21. The predicted octanol–water partition coefficient (Wildman–Crippen LogP) is 2.45. The molecule has 0 spiro atoms. The first-order chi connectivity index (χ1) is 13.9. The molecule has 1 atom stereocenters. The molecule has 1 aliphatic heterocycles. The summed E-state index contributed by atoms with van der Waals surface area (Å²) in [6.45, 7) is 2.86. The van der Waals surface area contributed by atoms with E-state index in [4.69, 9.17) is 4.42 Å². The fourth-order valence-electron chi connectivity index (χ4n) is 3.37. The highest BCUT2D eigenvalue weighted by molar-refractivity contribution is 8.14. The molecule has 29 heavy (non-hydrogen) atoms. The summed E-state index contributed by atoms with van der Waals surface area (Å²) in [5.41, 5.74) is 1.84. The van der Waals surface area contributed by atoms with E-state index < -0.39 is 10.6 Å². The van der Waals surface area contributed by atoms with Crippen molar-refractivity contribution in [2.45, 2.75) is 25.3 Å². The van der Waals surface area contributed by atoms with E-state index in [1.54, 1.807) is 18.2 Å². The van der Waals surface area contributed by atoms with Gasteiger partial charge in [-0.2, -0.15) is 0 Å². The number of carbonyl (C=O) groups is 2. The average molecular weight is 410 g/mol. The molecule has 0 saturated carbocycles. The fourth-order valence-corrected chi connectivity index (χ4v) is 4.71. The SMILES string of the molecule is CC(=O)NC1=NN(C(C)=O)C(Cn2c(=O)oc3ccccc32)(c2ccccc2)S1. The van der Waals surface area contributed by atoms with Gasteiger partial charge in [0.25, 0.3) is 0 Å². The quantitative estimate of drug-likeness (QED) is 0.715. The standard InChI is InChI=1S/C20H18N4O4S/c1-13(25)21-18-22-24(14(2)26)20(29-18,15-8-4-3-5-9-15)12-23-16-10-6-7-11-17(16)28-19(23)27/h3-11H,12H2,1-2H3,(H,21,22,25). The molecular formula is C20H18N4O4S. The lowest BCUT2D eigenvalue weighted by atomic mass is 10.1. The van der Waals surface area contributed by atoms with Crippen LogP contribution in [0.15, 0.2) is 68.9 Å². The number of benzene rings is 2. The molecule has 2 heterocycles. The molecule has 9 heteroatoms. The minimum atomic E-state index is -1.07. The van der Waals surface area contributed by atoms with Crippen LogP contribution >= 0.6 is 11.8 Å². The van der Waals surface area contributed by atoms with Gasteiger partial charge in [0.2, 0.25) is 11.8 Å². The normalized spacial score (nSPS) is 18.7. The number of hydrogen-bond donors (Lipinski definition) is 1. The monoisotopic (exact) mass is 410 g/mol. The minimum absolute atomic E-state index is 0.0870. The van der Waals surface area contributed by atoms with Crippen molar-refractivity contribution in [2.24, 2.45) is 5.10 Å². The van der Waals surface area contributed by atoms with Gasteiger partial charge >= 0.3 is 5.76 Å². The van der Waals surface area contributed by atoms with Crippen LogP contribution in [0.3, 0.4) is 0 Å². The molecule has 0 saturated heterocycles. The summed E-state index contributed by atoms with van der Waals surface area (Å²) in [4.78, 5) is 35.7. The highest BCUT2D eigenvalue weighted by Gasteiger charge is 2.49. The van der Waals surface area contributed by atoms with Crippen LogP contribution in [-0.4, -0.2) is 26.6 Å². The topological polar surface area (TPSA) is 96.9 Å². The van der Waals surface area contributed by atoms with Gasteiger partial charge in [0.05, 0.1) is 12.1 Å². The molecule has 1 N–H and O–H groups in total. The Hall–Kier alpha value is -3.33. The second-order valence-electron chi connectivity index (χ2n) is 6.59. The summed E-state index contributed by atoms with van der Waals surface area (Å²) in [5, 5.41) is 8.59. The molecule has 4 rings (SSSR count). The van der Waals surface area contributed by atoms with Gasteiger partial charge in [-0.3, -0.25) is 14.2 Å². The number of aromatic nitrogens is 1. The number of carbonyl (C=O) groups excluding carboxylic acids is 2. The molecule has 0 radical (unpaired) electrons. The molecule has 0 bridgehead atoms. The maximum absolute atomic E-state index is 12.6. The number of nitrogens with zero attached hydrogens (tertiary/aromatic N) is 3. The van der Waals surface area contributed by atoms with E-state index in [2.05, 4.69) is 10.4 Å². The maximum Gasteiger partial charge on any atom is 0.420 e. The van der Waals surface area contributed by atoms with E-state index in [1.165, 1.54) is 35.2 Å². The van der Waals surface area contributed by atoms with Gasteiger partial charge in [0.15, 0.2) is 15.6 Å². The molecule has 8 nitrogen and oxygen atoms in total. The van der Waals surface area contributed by atoms with Crippen molar-refractivity contribution in [2.75, 3.05) is 0 Å². The number of fused-ring (bicyclic) bond motifs is 1. The lowest BCUT2D eigenvalue weighted by molar-refractivity contribution is -0.132. The molecule has 2 aromatic carbocycles. The smallest absolute Gasteiger partial charge is 0.408 e. The Kier molecular flexibility index (Phi) is 4.75. The first-order valence-electron chi connectivity index (χ1n) is 8.90. The number of amidine groups is 1. The Bertz CT molecular complexity index is 1180. The maximum atomic E-state index is 12.6. The third-order valence-electron chi connectivity index (χ3n) is 4.55. The van der Waals surface area contributed by atoms with Crippen molar-refractivity contribution in [1.82, 2.24) is 14.9 Å². The van der Waals surface area contributed by atoms with E-state index in [1.807, 2.05) is 36.4 Å². The van der Waals surface area contributed by atoms with Crippen molar-refractivity contribution >= 4 is 39.8 Å². The van der Waals surface area contributed by atoms with Gasteiger partial charge in [0.1, 0.15) is 0 Å². The molecule has 1 aromatic heterocycles. The largest absolute Gasteiger partial charge is 0.420 e. The van der Waals surface area contributed by atoms with E-state index in [9.17, 15) is 14.4 Å². The van der Waals surface area contributed by atoms with Crippen LogP contribution in [0.4, 0.5) is 0 Å². The highest BCUT2D eigenvalue weighted by atomic mass is 32.2. The molecule has 1 aliphatic rings. The van der Waals surface area contributed by atoms with Gasteiger partial charge < -0.3 is 9.73 Å². The molecule has 0 fully saturated rings. The summed E-state index contributed by atoms with van der Waals surface area (Å²) >= 11 is 1.21. The number of rotatable bonds is 3. The molecule has 1 unspecified atom stereocenters. The number of oxazole rings is 1. The Labute approximate surface area is 170 Å². The van der Waals surface area contributed by atoms with Gasteiger partial charge in [0, 0.05) is 13.8 Å². The Morgan fingerprint density at radius 1 is 1.10 bits per heavy atom. The molecule has 0 aliphatic carbocycles. The number of thioether (sulfide) groups is 1.